The molecule has 0 aliphatic rings. The van der Waals surface area contributed by atoms with E-state index in [1.54, 1.807) is 18.4 Å². The van der Waals surface area contributed by atoms with Crippen molar-refractivity contribution in [3.05, 3.63) is 44.3 Å². The number of nitrogens with zero attached hydrogens (tertiary/aromatic N) is 1. The molecule has 0 radical (unpaired) electrons. The number of aromatic nitrogens is 1. The Morgan fingerprint density at radius 2 is 2.32 bits per heavy atom. The number of nitrogens with one attached hydrogen (secondary N) is 1. The largest absolute Gasteiger partial charge is 0.496 e. The van der Waals surface area contributed by atoms with E-state index in [9.17, 15) is 0 Å². The molecule has 2 aromatic rings. The maximum atomic E-state index is 5.66. The summed E-state index contributed by atoms with van der Waals surface area (Å²) in [6.45, 7) is 1.99. The SMILES string of the molecule is COc1ccc(C(Cc2nc(C)cs2)NN)cc1Br. The van der Waals surface area contributed by atoms with Gasteiger partial charge < -0.3 is 4.74 Å². The molecular formula is C13H16BrN3OS. The fraction of sp³-hybridized carbons (Fsp3) is 0.308. The van der Waals surface area contributed by atoms with Crippen molar-refractivity contribution in [1.82, 2.24) is 10.4 Å². The average molecular weight is 342 g/mol. The minimum atomic E-state index is 0.0350. The van der Waals surface area contributed by atoms with E-state index in [2.05, 4.69) is 26.3 Å². The molecule has 0 saturated carbocycles. The molecule has 2 rings (SSSR count). The number of hydrogen-bond donors (Lipinski definition) is 2. The van der Waals surface area contributed by atoms with Gasteiger partial charge in [0.05, 0.1) is 22.6 Å². The van der Waals surface area contributed by atoms with Crippen LogP contribution in [0.3, 0.4) is 0 Å². The molecule has 1 heterocycles. The Labute approximate surface area is 125 Å². The number of benzene rings is 1. The van der Waals surface area contributed by atoms with Crippen molar-refractivity contribution in [3.63, 3.8) is 0 Å². The highest BCUT2D eigenvalue weighted by atomic mass is 79.9. The van der Waals surface area contributed by atoms with Crippen LogP contribution in [0.1, 0.15) is 22.3 Å². The zero-order valence-corrected chi connectivity index (χ0v) is 13.2. The van der Waals surface area contributed by atoms with E-state index < -0.39 is 0 Å². The lowest BCUT2D eigenvalue weighted by Crippen LogP contribution is -2.29. The molecule has 0 fully saturated rings. The van der Waals surface area contributed by atoms with Gasteiger partial charge in [-0.1, -0.05) is 6.07 Å². The lowest BCUT2D eigenvalue weighted by molar-refractivity contribution is 0.411. The average Bonchev–Trinajstić information content (AvgIpc) is 2.81. The quantitative estimate of drug-likeness (QED) is 0.648. The van der Waals surface area contributed by atoms with Gasteiger partial charge in [-0.15, -0.1) is 11.3 Å². The molecule has 0 saturated heterocycles. The summed E-state index contributed by atoms with van der Waals surface area (Å²) in [4.78, 5) is 4.47. The van der Waals surface area contributed by atoms with Gasteiger partial charge in [0, 0.05) is 17.5 Å². The van der Waals surface area contributed by atoms with Crippen LogP contribution in [-0.2, 0) is 6.42 Å². The van der Waals surface area contributed by atoms with Crippen LogP contribution in [-0.4, -0.2) is 12.1 Å². The first kappa shape index (κ1) is 14.5. The third kappa shape index (κ3) is 3.54. The first-order valence-corrected chi connectivity index (χ1v) is 7.52. The maximum absolute atomic E-state index is 5.66. The molecule has 3 N–H and O–H groups in total. The van der Waals surface area contributed by atoms with Gasteiger partial charge in [-0.3, -0.25) is 11.3 Å². The smallest absolute Gasteiger partial charge is 0.133 e. The van der Waals surface area contributed by atoms with Crippen molar-refractivity contribution in [3.8, 4) is 5.75 Å². The number of ether oxygens (including phenoxy) is 1. The van der Waals surface area contributed by atoms with Gasteiger partial charge in [-0.25, -0.2) is 4.98 Å². The molecule has 0 amide bonds. The molecule has 1 aromatic carbocycles. The predicted octanol–water partition coefficient (Wildman–Crippen LogP) is 2.97. The van der Waals surface area contributed by atoms with Gasteiger partial charge >= 0.3 is 0 Å². The van der Waals surface area contributed by atoms with Crippen molar-refractivity contribution in [2.24, 2.45) is 5.84 Å². The zero-order chi connectivity index (χ0) is 13.8. The molecule has 0 spiro atoms. The minimum Gasteiger partial charge on any atom is -0.496 e. The summed E-state index contributed by atoms with van der Waals surface area (Å²) < 4.78 is 6.15. The van der Waals surface area contributed by atoms with Crippen molar-refractivity contribution >= 4 is 27.3 Å². The van der Waals surface area contributed by atoms with Crippen molar-refractivity contribution < 1.29 is 4.74 Å². The lowest BCUT2D eigenvalue weighted by atomic mass is 10.0. The Morgan fingerprint density at radius 1 is 1.53 bits per heavy atom. The van der Waals surface area contributed by atoms with Gasteiger partial charge in [0.25, 0.3) is 0 Å². The molecule has 4 nitrogen and oxygen atoms in total. The first-order chi connectivity index (χ1) is 9.13. The second-order valence-electron chi connectivity index (χ2n) is 4.20. The summed E-state index contributed by atoms with van der Waals surface area (Å²) in [5, 5.41) is 3.12. The summed E-state index contributed by atoms with van der Waals surface area (Å²) in [6, 6.07) is 5.99. The Balaban J connectivity index is 2.19. The topological polar surface area (TPSA) is 60.2 Å². The van der Waals surface area contributed by atoms with Crippen LogP contribution in [0.2, 0.25) is 0 Å². The van der Waals surface area contributed by atoms with Crippen molar-refractivity contribution in [2.75, 3.05) is 7.11 Å². The molecule has 0 aliphatic carbocycles. The Bertz CT molecular complexity index is 559. The Kier molecular flexibility index (Phi) is 4.93. The van der Waals surface area contributed by atoms with Gasteiger partial charge in [-0.2, -0.15) is 0 Å². The van der Waals surface area contributed by atoms with Crippen LogP contribution in [0.4, 0.5) is 0 Å². The van der Waals surface area contributed by atoms with E-state index in [-0.39, 0.29) is 6.04 Å². The fourth-order valence-electron chi connectivity index (χ4n) is 1.84. The second-order valence-corrected chi connectivity index (χ2v) is 6.00. The molecule has 0 bridgehead atoms. The van der Waals surface area contributed by atoms with Crippen LogP contribution in [0.5, 0.6) is 5.75 Å². The molecule has 6 heteroatoms. The molecule has 19 heavy (non-hydrogen) atoms. The summed E-state index contributed by atoms with van der Waals surface area (Å²) in [7, 11) is 1.65. The van der Waals surface area contributed by atoms with Crippen LogP contribution >= 0.6 is 27.3 Å². The molecular weight excluding hydrogens is 326 g/mol. The standard InChI is InChI=1S/C13H16BrN3OS/c1-8-7-19-13(16-8)6-11(17-15)9-3-4-12(18-2)10(14)5-9/h3-5,7,11,17H,6,15H2,1-2H3. The summed E-state index contributed by atoms with van der Waals surface area (Å²) in [5.41, 5.74) is 4.99. The van der Waals surface area contributed by atoms with E-state index in [0.29, 0.717) is 0 Å². The number of methoxy groups -OCH3 is 1. The van der Waals surface area contributed by atoms with Gasteiger partial charge in [-0.05, 0) is 40.5 Å². The number of nitrogens with two attached hydrogens (primary N) is 1. The van der Waals surface area contributed by atoms with Gasteiger partial charge in [0.15, 0.2) is 0 Å². The molecule has 0 aliphatic heterocycles. The molecule has 1 aromatic heterocycles. The number of hydrazine groups is 1. The normalized spacial score (nSPS) is 12.4. The van der Waals surface area contributed by atoms with Gasteiger partial charge in [0.1, 0.15) is 5.75 Å². The fourth-order valence-corrected chi connectivity index (χ4v) is 3.22. The van der Waals surface area contributed by atoms with Crippen LogP contribution in [0, 0.1) is 6.92 Å². The highest BCUT2D eigenvalue weighted by molar-refractivity contribution is 9.10. The second kappa shape index (κ2) is 6.47. The molecule has 1 atom stereocenters. The molecule has 1 unspecified atom stereocenters. The number of thiazole rings is 1. The summed E-state index contributed by atoms with van der Waals surface area (Å²) >= 11 is 5.14. The number of halogens is 1. The van der Waals surface area contributed by atoms with E-state index in [1.165, 1.54) is 0 Å². The first-order valence-electron chi connectivity index (χ1n) is 5.84. The maximum Gasteiger partial charge on any atom is 0.133 e. The number of rotatable bonds is 5. The summed E-state index contributed by atoms with van der Waals surface area (Å²) in [6.07, 6.45) is 0.772. The lowest BCUT2D eigenvalue weighted by Gasteiger charge is -2.16. The van der Waals surface area contributed by atoms with Gasteiger partial charge in [0.2, 0.25) is 0 Å². The molecule has 102 valence electrons. The van der Waals surface area contributed by atoms with Crippen molar-refractivity contribution in [2.45, 2.75) is 19.4 Å². The van der Waals surface area contributed by atoms with E-state index >= 15 is 0 Å². The third-order valence-electron chi connectivity index (χ3n) is 2.82. The monoisotopic (exact) mass is 341 g/mol. The predicted molar refractivity (Wildman–Crippen MR) is 81.3 cm³/mol. The summed E-state index contributed by atoms with van der Waals surface area (Å²) in [5.74, 6) is 6.47. The number of aryl methyl sites for hydroxylation is 1. The van der Waals surface area contributed by atoms with Crippen LogP contribution in [0.25, 0.3) is 0 Å². The van der Waals surface area contributed by atoms with E-state index in [0.717, 1.165) is 32.9 Å². The Morgan fingerprint density at radius 3 is 2.84 bits per heavy atom. The van der Waals surface area contributed by atoms with E-state index in [1.807, 2.05) is 30.5 Å². The van der Waals surface area contributed by atoms with E-state index in [4.69, 9.17) is 10.6 Å². The zero-order valence-electron chi connectivity index (χ0n) is 10.8. The van der Waals surface area contributed by atoms with Crippen LogP contribution < -0.4 is 16.0 Å². The number of hydrogen-bond acceptors (Lipinski definition) is 5. The highest BCUT2D eigenvalue weighted by Gasteiger charge is 2.14. The van der Waals surface area contributed by atoms with Crippen molar-refractivity contribution in [1.29, 1.82) is 0 Å². The highest BCUT2D eigenvalue weighted by Crippen LogP contribution is 2.29. The van der Waals surface area contributed by atoms with Crippen LogP contribution in [0.15, 0.2) is 28.1 Å². The Hall–Kier alpha value is -0.950. The minimum absolute atomic E-state index is 0.0350. The third-order valence-corrected chi connectivity index (χ3v) is 4.43.